The molecule has 1 aromatic heterocycles. The third-order valence-corrected chi connectivity index (χ3v) is 2.86. The maximum Gasteiger partial charge on any atom is 0.354 e. The molecule has 0 aliphatic rings. The van der Waals surface area contributed by atoms with Crippen LogP contribution in [0.5, 0.6) is 5.75 Å². The summed E-state index contributed by atoms with van der Waals surface area (Å²) < 4.78 is 18.3. The van der Waals surface area contributed by atoms with Crippen molar-refractivity contribution in [2.24, 2.45) is 0 Å². The van der Waals surface area contributed by atoms with Crippen molar-refractivity contribution in [1.29, 1.82) is 0 Å². The number of anilines is 1. The summed E-state index contributed by atoms with van der Waals surface area (Å²) in [5, 5.41) is 11.4. The number of ether oxygens (including phenoxy) is 1. The van der Waals surface area contributed by atoms with Crippen molar-refractivity contribution in [3.8, 4) is 5.75 Å². The van der Waals surface area contributed by atoms with Gasteiger partial charge in [-0.25, -0.2) is 14.2 Å². The predicted molar refractivity (Wildman–Crippen MR) is 76.5 cm³/mol. The molecule has 2 rings (SSSR count). The van der Waals surface area contributed by atoms with Crippen molar-refractivity contribution in [1.82, 2.24) is 4.98 Å². The van der Waals surface area contributed by atoms with Gasteiger partial charge in [0.1, 0.15) is 17.3 Å². The summed E-state index contributed by atoms with van der Waals surface area (Å²) in [6.07, 6.45) is 1.17. The molecule has 0 saturated carbocycles. The topological polar surface area (TPSA) is 88.5 Å². The molecule has 0 saturated heterocycles. The van der Waals surface area contributed by atoms with Crippen LogP contribution >= 0.6 is 0 Å². The number of benzene rings is 1. The van der Waals surface area contributed by atoms with Crippen LogP contribution in [0.15, 0.2) is 36.5 Å². The second-order valence-corrected chi connectivity index (χ2v) is 4.42. The van der Waals surface area contributed by atoms with Crippen molar-refractivity contribution in [2.45, 2.75) is 6.42 Å². The Hall–Kier alpha value is -2.96. The average molecular weight is 304 g/mol. The molecule has 0 unspecified atom stereocenters. The molecule has 0 aliphatic carbocycles. The lowest BCUT2D eigenvalue weighted by Crippen LogP contribution is -2.15. The lowest BCUT2D eigenvalue weighted by atomic mass is 10.1. The SMILES string of the molecule is COc1ccc(F)cc1CC(=O)Nc1ccnc(C(=O)O)c1. The van der Waals surface area contributed by atoms with Gasteiger partial charge in [0.2, 0.25) is 5.91 Å². The normalized spacial score (nSPS) is 10.1. The van der Waals surface area contributed by atoms with Gasteiger partial charge < -0.3 is 15.2 Å². The smallest absolute Gasteiger partial charge is 0.354 e. The van der Waals surface area contributed by atoms with Crippen LogP contribution < -0.4 is 10.1 Å². The highest BCUT2D eigenvalue weighted by molar-refractivity contribution is 5.94. The van der Waals surface area contributed by atoms with Crippen LogP contribution in [-0.2, 0) is 11.2 Å². The summed E-state index contributed by atoms with van der Waals surface area (Å²) in [6.45, 7) is 0. The van der Waals surface area contributed by atoms with E-state index in [-0.39, 0.29) is 12.1 Å². The number of nitrogens with one attached hydrogen (secondary N) is 1. The molecule has 2 aromatic rings. The van der Waals surface area contributed by atoms with Gasteiger partial charge in [-0.1, -0.05) is 0 Å². The molecule has 6 nitrogen and oxygen atoms in total. The number of amides is 1. The number of hydrogen-bond acceptors (Lipinski definition) is 4. The maximum absolute atomic E-state index is 13.2. The van der Waals surface area contributed by atoms with Gasteiger partial charge in [-0.3, -0.25) is 4.79 Å². The highest BCUT2D eigenvalue weighted by Crippen LogP contribution is 2.20. The van der Waals surface area contributed by atoms with E-state index in [0.717, 1.165) is 0 Å². The van der Waals surface area contributed by atoms with E-state index in [0.29, 0.717) is 17.0 Å². The molecular formula is C15H13FN2O4. The van der Waals surface area contributed by atoms with Crippen molar-refractivity contribution in [3.05, 3.63) is 53.6 Å². The molecule has 114 valence electrons. The number of halogens is 1. The summed E-state index contributed by atoms with van der Waals surface area (Å²) in [5.41, 5.74) is 0.515. The van der Waals surface area contributed by atoms with Gasteiger partial charge in [0, 0.05) is 17.4 Å². The fourth-order valence-electron chi connectivity index (χ4n) is 1.89. The van der Waals surface area contributed by atoms with Gasteiger partial charge in [-0.05, 0) is 30.3 Å². The van der Waals surface area contributed by atoms with Crippen LogP contribution in [-0.4, -0.2) is 29.1 Å². The molecule has 0 atom stereocenters. The van der Waals surface area contributed by atoms with Gasteiger partial charge in [-0.2, -0.15) is 0 Å². The zero-order valence-electron chi connectivity index (χ0n) is 11.7. The van der Waals surface area contributed by atoms with Crippen LogP contribution in [0.3, 0.4) is 0 Å². The molecule has 1 aromatic carbocycles. The van der Waals surface area contributed by atoms with Crippen molar-refractivity contribution in [2.75, 3.05) is 12.4 Å². The Morgan fingerprint density at radius 3 is 2.77 bits per heavy atom. The number of carbonyl (C=O) groups is 2. The summed E-state index contributed by atoms with van der Waals surface area (Å²) in [7, 11) is 1.43. The standard InChI is InChI=1S/C15H13FN2O4/c1-22-13-3-2-10(16)6-9(13)7-14(19)18-11-4-5-17-12(8-11)15(20)21/h2-6,8H,7H2,1H3,(H,20,21)(H,17,18,19). The molecule has 1 amide bonds. The lowest BCUT2D eigenvalue weighted by molar-refractivity contribution is -0.115. The number of rotatable bonds is 5. The summed E-state index contributed by atoms with van der Waals surface area (Å²) in [4.78, 5) is 26.5. The van der Waals surface area contributed by atoms with Gasteiger partial charge in [0.05, 0.1) is 13.5 Å². The minimum absolute atomic E-state index is 0.105. The number of aromatic carboxylic acids is 1. The van der Waals surface area contributed by atoms with Gasteiger partial charge in [0.15, 0.2) is 0 Å². The summed E-state index contributed by atoms with van der Waals surface area (Å²) in [6, 6.07) is 6.60. The van der Waals surface area contributed by atoms with Crippen LogP contribution in [0.4, 0.5) is 10.1 Å². The number of carboxylic acid groups (broad SMARTS) is 1. The second kappa shape index (κ2) is 6.66. The first-order valence-electron chi connectivity index (χ1n) is 6.31. The monoisotopic (exact) mass is 304 g/mol. The summed E-state index contributed by atoms with van der Waals surface area (Å²) in [5.74, 6) is -1.69. The molecule has 0 radical (unpaired) electrons. The molecule has 1 heterocycles. The number of aromatic nitrogens is 1. The molecule has 0 aliphatic heterocycles. The molecule has 2 N–H and O–H groups in total. The first-order valence-corrected chi connectivity index (χ1v) is 6.31. The van der Waals surface area contributed by atoms with Crippen LogP contribution in [0.1, 0.15) is 16.1 Å². The lowest BCUT2D eigenvalue weighted by Gasteiger charge is -2.09. The molecular weight excluding hydrogens is 291 g/mol. The van der Waals surface area contributed by atoms with Gasteiger partial charge >= 0.3 is 5.97 Å². The van der Waals surface area contributed by atoms with Gasteiger partial charge in [-0.15, -0.1) is 0 Å². The Bertz CT molecular complexity index is 718. The number of methoxy groups -OCH3 is 1. The van der Waals surface area contributed by atoms with E-state index >= 15 is 0 Å². The third kappa shape index (κ3) is 3.78. The Kier molecular flexibility index (Phi) is 4.67. The Morgan fingerprint density at radius 2 is 2.09 bits per heavy atom. The molecule has 0 fully saturated rings. The Labute approximate surface area is 125 Å². The van der Waals surface area contributed by atoms with E-state index < -0.39 is 17.7 Å². The van der Waals surface area contributed by atoms with E-state index in [4.69, 9.17) is 9.84 Å². The van der Waals surface area contributed by atoms with Crippen LogP contribution in [0.25, 0.3) is 0 Å². The highest BCUT2D eigenvalue weighted by atomic mass is 19.1. The minimum atomic E-state index is -1.19. The van der Waals surface area contributed by atoms with E-state index in [2.05, 4.69) is 10.3 Å². The fourth-order valence-corrected chi connectivity index (χ4v) is 1.89. The quantitative estimate of drug-likeness (QED) is 0.883. The highest BCUT2D eigenvalue weighted by Gasteiger charge is 2.11. The number of hydrogen-bond donors (Lipinski definition) is 2. The third-order valence-electron chi connectivity index (χ3n) is 2.86. The molecule has 22 heavy (non-hydrogen) atoms. The van der Waals surface area contributed by atoms with E-state index in [1.807, 2.05) is 0 Å². The van der Waals surface area contributed by atoms with Crippen molar-refractivity contribution < 1.29 is 23.8 Å². The molecule has 7 heteroatoms. The fraction of sp³-hybridized carbons (Fsp3) is 0.133. The van der Waals surface area contributed by atoms with E-state index in [1.54, 1.807) is 0 Å². The van der Waals surface area contributed by atoms with E-state index in [9.17, 15) is 14.0 Å². The first kappa shape index (κ1) is 15.4. The van der Waals surface area contributed by atoms with Crippen molar-refractivity contribution >= 4 is 17.6 Å². The maximum atomic E-state index is 13.2. The number of carbonyl (C=O) groups excluding carboxylic acids is 1. The first-order chi connectivity index (χ1) is 10.5. The van der Waals surface area contributed by atoms with Crippen LogP contribution in [0.2, 0.25) is 0 Å². The Balaban J connectivity index is 2.12. The Morgan fingerprint density at radius 1 is 1.32 bits per heavy atom. The summed E-state index contributed by atoms with van der Waals surface area (Å²) >= 11 is 0. The largest absolute Gasteiger partial charge is 0.496 e. The average Bonchev–Trinajstić information content (AvgIpc) is 2.47. The van der Waals surface area contributed by atoms with Crippen LogP contribution in [0, 0.1) is 5.82 Å². The van der Waals surface area contributed by atoms with Crippen molar-refractivity contribution in [3.63, 3.8) is 0 Å². The zero-order chi connectivity index (χ0) is 16.1. The molecule has 0 spiro atoms. The second-order valence-electron chi connectivity index (χ2n) is 4.42. The number of nitrogens with zero attached hydrogens (tertiary/aromatic N) is 1. The van der Waals surface area contributed by atoms with E-state index in [1.165, 1.54) is 43.6 Å². The van der Waals surface area contributed by atoms with Gasteiger partial charge in [0.25, 0.3) is 0 Å². The molecule has 0 bridgehead atoms. The number of carboxylic acids is 1. The number of pyridine rings is 1. The minimum Gasteiger partial charge on any atom is -0.496 e. The zero-order valence-corrected chi connectivity index (χ0v) is 11.7. The predicted octanol–water partition coefficient (Wildman–Crippen LogP) is 2.11.